The van der Waals surface area contributed by atoms with Gasteiger partial charge in [-0.15, -0.1) is 0 Å². The summed E-state index contributed by atoms with van der Waals surface area (Å²) in [5.74, 6) is -1.21. The van der Waals surface area contributed by atoms with Gasteiger partial charge in [-0.05, 0) is 25.7 Å². The summed E-state index contributed by atoms with van der Waals surface area (Å²) >= 11 is 0. The second kappa shape index (κ2) is 10.6. The normalized spacial score (nSPS) is 20.6. The number of carboxylic acid groups (broad SMARTS) is 1. The average Bonchev–Trinajstić information content (AvgIpc) is 2.56. The molecule has 0 aromatic carbocycles. The van der Waals surface area contributed by atoms with Crippen LogP contribution in [0.25, 0.3) is 0 Å². The SMILES string of the molecule is CC(C)NC(=O)NC[C@H](O)[C@H](O)[C@@H](N)C(CC(=O)O)C1CCCCC1. The molecule has 0 bridgehead atoms. The Kier molecular flexibility index (Phi) is 9.16. The van der Waals surface area contributed by atoms with Crippen LogP contribution in [0.2, 0.25) is 0 Å². The number of amides is 2. The summed E-state index contributed by atoms with van der Waals surface area (Å²) in [6.07, 6.45) is 2.29. The van der Waals surface area contributed by atoms with E-state index in [4.69, 9.17) is 5.73 Å². The molecule has 1 unspecified atom stereocenters. The van der Waals surface area contributed by atoms with Crippen LogP contribution in [0.3, 0.4) is 0 Å². The van der Waals surface area contributed by atoms with Crippen molar-refractivity contribution in [3.63, 3.8) is 0 Å². The summed E-state index contributed by atoms with van der Waals surface area (Å²) in [5, 5.41) is 34.8. The summed E-state index contributed by atoms with van der Waals surface area (Å²) in [4.78, 5) is 22.8. The lowest BCUT2D eigenvalue weighted by Crippen LogP contribution is -2.54. The van der Waals surface area contributed by atoms with Crippen LogP contribution in [-0.4, -0.2) is 58.2 Å². The first-order valence-electron chi connectivity index (χ1n) is 9.10. The molecule has 0 radical (unpaired) electrons. The minimum atomic E-state index is -1.30. The van der Waals surface area contributed by atoms with Gasteiger partial charge >= 0.3 is 12.0 Å². The van der Waals surface area contributed by atoms with Gasteiger partial charge < -0.3 is 31.7 Å². The number of rotatable bonds is 9. The van der Waals surface area contributed by atoms with Crippen molar-refractivity contribution in [1.82, 2.24) is 10.6 Å². The molecule has 1 saturated carbocycles. The third kappa shape index (κ3) is 7.58. The first-order chi connectivity index (χ1) is 11.7. The molecule has 1 rings (SSSR count). The molecule has 1 aliphatic rings. The number of aliphatic carboxylic acids is 1. The molecule has 0 aromatic rings. The van der Waals surface area contributed by atoms with Crippen LogP contribution in [0.1, 0.15) is 52.4 Å². The highest BCUT2D eigenvalue weighted by molar-refractivity contribution is 5.74. The highest BCUT2D eigenvalue weighted by atomic mass is 16.4. The lowest BCUT2D eigenvalue weighted by molar-refractivity contribution is -0.139. The number of nitrogens with one attached hydrogen (secondary N) is 2. The van der Waals surface area contributed by atoms with Crippen molar-refractivity contribution in [3.05, 3.63) is 0 Å². The van der Waals surface area contributed by atoms with E-state index in [1.807, 2.05) is 0 Å². The van der Waals surface area contributed by atoms with Gasteiger partial charge in [0.25, 0.3) is 0 Å². The zero-order valence-corrected chi connectivity index (χ0v) is 15.1. The van der Waals surface area contributed by atoms with Crippen molar-refractivity contribution in [1.29, 1.82) is 0 Å². The first kappa shape index (κ1) is 21.7. The van der Waals surface area contributed by atoms with E-state index in [0.717, 1.165) is 32.1 Å². The van der Waals surface area contributed by atoms with Crippen molar-refractivity contribution in [2.24, 2.45) is 17.6 Å². The molecule has 0 aliphatic heterocycles. The molecule has 1 fully saturated rings. The number of aliphatic hydroxyl groups is 2. The van der Waals surface area contributed by atoms with Gasteiger partial charge in [0.2, 0.25) is 0 Å². The fraction of sp³-hybridized carbons (Fsp3) is 0.882. The van der Waals surface area contributed by atoms with Gasteiger partial charge in [-0.3, -0.25) is 4.79 Å². The lowest BCUT2D eigenvalue weighted by atomic mass is 9.73. The van der Waals surface area contributed by atoms with E-state index in [1.54, 1.807) is 13.8 Å². The van der Waals surface area contributed by atoms with E-state index in [2.05, 4.69) is 10.6 Å². The molecular weight excluding hydrogens is 326 g/mol. The highest BCUT2D eigenvalue weighted by Gasteiger charge is 2.36. The Bertz CT molecular complexity index is 427. The van der Waals surface area contributed by atoms with Gasteiger partial charge in [-0.1, -0.05) is 32.1 Å². The number of hydrogen-bond acceptors (Lipinski definition) is 5. The Balaban J connectivity index is 2.62. The fourth-order valence-electron chi connectivity index (χ4n) is 3.52. The van der Waals surface area contributed by atoms with E-state index in [-0.39, 0.29) is 24.9 Å². The standard InChI is InChI=1S/C17H33N3O5/c1-10(2)20-17(25)19-9-13(21)16(24)15(18)12(8-14(22)23)11-6-4-3-5-7-11/h10-13,15-16,21,24H,3-9,18H2,1-2H3,(H,22,23)(H2,19,20,25)/t12?,13-,15-,16-/m0/s1. The summed E-state index contributed by atoms with van der Waals surface area (Å²) in [5.41, 5.74) is 6.13. The van der Waals surface area contributed by atoms with E-state index >= 15 is 0 Å². The number of carbonyl (C=O) groups is 2. The van der Waals surface area contributed by atoms with Gasteiger partial charge in [-0.25, -0.2) is 4.79 Å². The third-order valence-corrected chi connectivity index (χ3v) is 4.84. The van der Waals surface area contributed by atoms with Crippen LogP contribution in [0, 0.1) is 11.8 Å². The summed E-state index contributed by atoms with van der Waals surface area (Å²) < 4.78 is 0. The lowest BCUT2D eigenvalue weighted by Gasteiger charge is -2.36. The number of nitrogens with two attached hydrogens (primary N) is 1. The molecule has 2 amide bonds. The highest BCUT2D eigenvalue weighted by Crippen LogP contribution is 2.34. The second-order valence-electron chi connectivity index (χ2n) is 7.30. The molecule has 7 N–H and O–H groups in total. The van der Waals surface area contributed by atoms with E-state index < -0.39 is 36.2 Å². The number of carbonyl (C=O) groups excluding carboxylic acids is 1. The number of urea groups is 1. The Hall–Kier alpha value is -1.38. The van der Waals surface area contributed by atoms with Crippen molar-refractivity contribution >= 4 is 12.0 Å². The average molecular weight is 359 g/mol. The van der Waals surface area contributed by atoms with Gasteiger partial charge in [0.1, 0.15) is 0 Å². The fourth-order valence-corrected chi connectivity index (χ4v) is 3.52. The van der Waals surface area contributed by atoms with E-state index in [0.29, 0.717) is 0 Å². The van der Waals surface area contributed by atoms with Crippen molar-refractivity contribution in [2.75, 3.05) is 6.54 Å². The number of hydrogen-bond donors (Lipinski definition) is 6. The smallest absolute Gasteiger partial charge is 0.315 e. The van der Waals surface area contributed by atoms with Gasteiger partial charge in [0.15, 0.2) is 0 Å². The van der Waals surface area contributed by atoms with Crippen LogP contribution in [0.4, 0.5) is 4.79 Å². The molecule has 0 spiro atoms. The van der Waals surface area contributed by atoms with Crippen LogP contribution < -0.4 is 16.4 Å². The second-order valence-corrected chi connectivity index (χ2v) is 7.30. The van der Waals surface area contributed by atoms with Crippen LogP contribution in [-0.2, 0) is 4.79 Å². The Morgan fingerprint density at radius 3 is 2.28 bits per heavy atom. The Morgan fingerprint density at radius 1 is 1.16 bits per heavy atom. The largest absolute Gasteiger partial charge is 0.481 e. The Morgan fingerprint density at radius 2 is 1.76 bits per heavy atom. The van der Waals surface area contributed by atoms with Crippen LogP contribution in [0.15, 0.2) is 0 Å². The quantitative estimate of drug-likeness (QED) is 0.352. The molecule has 0 aromatic heterocycles. The van der Waals surface area contributed by atoms with Crippen molar-refractivity contribution < 1.29 is 24.9 Å². The van der Waals surface area contributed by atoms with Gasteiger partial charge in [0, 0.05) is 25.0 Å². The molecule has 25 heavy (non-hydrogen) atoms. The molecule has 4 atom stereocenters. The first-order valence-corrected chi connectivity index (χ1v) is 9.10. The summed E-state index contributed by atoms with van der Waals surface area (Å²) in [7, 11) is 0. The summed E-state index contributed by atoms with van der Waals surface area (Å²) in [6, 6.07) is -1.34. The zero-order chi connectivity index (χ0) is 19.0. The maximum atomic E-state index is 11.6. The zero-order valence-electron chi connectivity index (χ0n) is 15.1. The minimum Gasteiger partial charge on any atom is -0.481 e. The monoisotopic (exact) mass is 359 g/mol. The Labute approximate surface area is 149 Å². The predicted octanol–water partition coefficient (Wildman–Crippen LogP) is 0.414. The maximum Gasteiger partial charge on any atom is 0.315 e. The summed E-state index contributed by atoms with van der Waals surface area (Å²) in [6.45, 7) is 3.46. The van der Waals surface area contributed by atoms with Crippen LogP contribution in [0.5, 0.6) is 0 Å². The number of aliphatic hydroxyl groups excluding tert-OH is 2. The predicted molar refractivity (Wildman–Crippen MR) is 94.0 cm³/mol. The van der Waals surface area contributed by atoms with Crippen molar-refractivity contribution in [2.45, 2.75) is 76.7 Å². The molecule has 8 nitrogen and oxygen atoms in total. The molecule has 146 valence electrons. The molecular formula is C17H33N3O5. The molecule has 8 heteroatoms. The number of carboxylic acids is 1. The van der Waals surface area contributed by atoms with Crippen LogP contribution >= 0.6 is 0 Å². The molecule has 0 heterocycles. The topological polar surface area (TPSA) is 145 Å². The van der Waals surface area contributed by atoms with E-state index in [1.165, 1.54) is 0 Å². The maximum absolute atomic E-state index is 11.6. The molecule has 1 aliphatic carbocycles. The third-order valence-electron chi connectivity index (χ3n) is 4.84. The minimum absolute atomic E-state index is 0.0458. The van der Waals surface area contributed by atoms with Gasteiger partial charge in [0.05, 0.1) is 12.2 Å². The van der Waals surface area contributed by atoms with Crippen molar-refractivity contribution in [3.8, 4) is 0 Å². The van der Waals surface area contributed by atoms with E-state index in [9.17, 15) is 24.9 Å². The van der Waals surface area contributed by atoms with Gasteiger partial charge in [-0.2, -0.15) is 0 Å². The molecule has 0 saturated heterocycles.